The van der Waals surface area contributed by atoms with E-state index in [1.54, 1.807) is 19.2 Å². The lowest BCUT2D eigenvalue weighted by atomic mass is 10.2. The fourth-order valence-corrected chi connectivity index (χ4v) is 2.15. The van der Waals surface area contributed by atoms with Crippen LogP contribution in [0.5, 0.6) is 0 Å². The summed E-state index contributed by atoms with van der Waals surface area (Å²) in [7, 11) is 1.71. The summed E-state index contributed by atoms with van der Waals surface area (Å²) in [5, 5.41) is 5.06. The van der Waals surface area contributed by atoms with Gasteiger partial charge in [0.05, 0.1) is 5.69 Å². The van der Waals surface area contributed by atoms with Gasteiger partial charge in [-0.3, -0.25) is 4.57 Å². The van der Waals surface area contributed by atoms with E-state index in [0.717, 1.165) is 11.3 Å². The second-order valence-corrected chi connectivity index (χ2v) is 4.86. The lowest BCUT2D eigenvalue weighted by molar-refractivity contribution is 0.799. The Balaban J connectivity index is 2.16. The third kappa shape index (κ3) is 2.14. The van der Waals surface area contributed by atoms with Crippen LogP contribution in [-0.4, -0.2) is 14.3 Å². The summed E-state index contributed by atoms with van der Waals surface area (Å²) in [5.41, 5.74) is 1.41. The van der Waals surface area contributed by atoms with E-state index in [2.05, 4.69) is 5.10 Å². The molecule has 1 aromatic heterocycles. The number of halogens is 1. The molecular formula is C15H12ClN3O. The Labute approximate surface area is 120 Å². The number of rotatable bonds is 2. The highest BCUT2D eigenvalue weighted by molar-refractivity contribution is 6.30. The second kappa shape index (κ2) is 4.98. The zero-order valence-electron chi connectivity index (χ0n) is 10.8. The highest BCUT2D eigenvalue weighted by Crippen LogP contribution is 2.18. The van der Waals surface area contributed by atoms with Gasteiger partial charge in [-0.1, -0.05) is 29.8 Å². The van der Waals surface area contributed by atoms with Gasteiger partial charge in [-0.15, -0.1) is 5.10 Å². The molecule has 2 aromatic carbocycles. The molecule has 0 unspecified atom stereocenters. The van der Waals surface area contributed by atoms with Crippen molar-refractivity contribution >= 4 is 11.6 Å². The maximum atomic E-state index is 12.3. The molecule has 1 heterocycles. The number of para-hydroxylation sites is 1. The summed E-state index contributed by atoms with van der Waals surface area (Å²) in [6.45, 7) is 0. The number of benzene rings is 2. The Morgan fingerprint density at radius 3 is 2.30 bits per heavy atom. The van der Waals surface area contributed by atoms with Gasteiger partial charge in [0, 0.05) is 17.6 Å². The summed E-state index contributed by atoms with van der Waals surface area (Å²) in [6, 6.07) is 16.6. The molecule has 20 heavy (non-hydrogen) atoms. The summed E-state index contributed by atoms with van der Waals surface area (Å²) in [6.07, 6.45) is 0. The van der Waals surface area contributed by atoms with Crippen molar-refractivity contribution in [1.82, 2.24) is 14.3 Å². The molecule has 0 saturated heterocycles. The molecule has 0 aliphatic rings. The van der Waals surface area contributed by atoms with E-state index in [9.17, 15) is 4.79 Å². The Morgan fingerprint density at radius 1 is 1.00 bits per heavy atom. The quantitative estimate of drug-likeness (QED) is 0.726. The van der Waals surface area contributed by atoms with Crippen LogP contribution in [0.15, 0.2) is 59.4 Å². The van der Waals surface area contributed by atoms with Crippen molar-refractivity contribution in [2.24, 2.45) is 7.05 Å². The van der Waals surface area contributed by atoms with E-state index < -0.39 is 0 Å². The Bertz CT molecular complexity index is 788. The van der Waals surface area contributed by atoms with Crippen molar-refractivity contribution in [1.29, 1.82) is 0 Å². The standard InChI is InChI=1S/C15H12ClN3O/c1-18-14(11-7-9-12(16)10-8-11)17-19(15(18)20)13-5-3-2-4-6-13/h2-10H,1H3. The molecule has 5 heteroatoms. The topological polar surface area (TPSA) is 39.8 Å². The fourth-order valence-electron chi connectivity index (χ4n) is 2.02. The number of hydrogen-bond acceptors (Lipinski definition) is 2. The van der Waals surface area contributed by atoms with Gasteiger partial charge >= 0.3 is 5.69 Å². The highest BCUT2D eigenvalue weighted by atomic mass is 35.5. The third-order valence-electron chi connectivity index (χ3n) is 3.08. The summed E-state index contributed by atoms with van der Waals surface area (Å²) < 4.78 is 2.92. The lowest BCUT2D eigenvalue weighted by Gasteiger charge is -1.99. The van der Waals surface area contributed by atoms with Crippen molar-refractivity contribution < 1.29 is 0 Å². The van der Waals surface area contributed by atoms with Crippen molar-refractivity contribution in [3.63, 3.8) is 0 Å². The van der Waals surface area contributed by atoms with Gasteiger partial charge in [0.25, 0.3) is 0 Å². The molecule has 3 rings (SSSR count). The first-order chi connectivity index (χ1) is 9.66. The molecular weight excluding hydrogens is 274 g/mol. The summed E-state index contributed by atoms with van der Waals surface area (Å²) in [5.74, 6) is 0.607. The number of hydrogen-bond donors (Lipinski definition) is 0. The zero-order chi connectivity index (χ0) is 14.1. The minimum absolute atomic E-state index is 0.179. The van der Waals surface area contributed by atoms with E-state index in [1.165, 1.54) is 9.25 Å². The van der Waals surface area contributed by atoms with E-state index in [-0.39, 0.29) is 5.69 Å². The maximum absolute atomic E-state index is 12.3. The van der Waals surface area contributed by atoms with Crippen molar-refractivity contribution in [2.45, 2.75) is 0 Å². The van der Waals surface area contributed by atoms with Crippen LogP contribution in [0.2, 0.25) is 5.02 Å². The van der Waals surface area contributed by atoms with E-state index in [1.807, 2.05) is 42.5 Å². The monoisotopic (exact) mass is 285 g/mol. The van der Waals surface area contributed by atoms with Gasteiger partial charge in [0.1, 0.15) is 0 Å². The highest BCUT2D eigenvalue weighted by Gasteiger charge is 2.12. The van der Waals surface area contributed by atoms with Crippen LogP contribution in [-0.2, 0) is 7.05 Å². The number of aromatic nitrogens is 3. The predicted molar refractivity (Wildman–Crippen MR) is 79.3 cm³/mol. The molecule has 3 aromatic rings. The molecule has 100 valence electrons. The SMILES string of the molecule is Cn1c(-c2ccc(Cl)cc2)nn(-c2ccccc2)c1=O. The first-order valence-electron chi connectivity index (χ1n) is 6.14. The summed E-state index contributed by atoms with van der Waals surface area (Å²) in [4.78, 5) is 12.3. The Kier molecular flexibility index (Phi) is 3.16. The lowest BCUT2D eigenvalue weighted by Crippen LogP contribution is -2.21. The molecule has 0 radical (unpaired) electrons. The van der Waals surface area contributed by atoms with Gasteiger partial charge in [-0.2, -0.15) is 4.68 Å². The van der Waals surface area contributed by atoms with Gasteiger partial charge < -0.3 is 0 Å². The van der Waals surface area contributed by atoms with E-state index in [0.29, 0.717) is 10.8 Å². The predicted octanol–water partition coefficient (Wildman–Crippen LogP) is 2.89. The van der Waals surface area contributed by atoms with Gasteiger partial charge in [0.15, 0.2) is 5.82 Å². The molecule has 0 N–H and O–H groups in total. The van der Waals surface area contributed by atoms with E-state index >= 15 is 0 Å². The Hall–Kier alpha value is -2.33. The molecule has 0 spiro atoms. The first kappa shape index (κ1) is 12.7. The van der Waals surface area contributed by atoms with Crippen LogP contribution < -0.4 is 5.69 Å². The van der Waals surface area contributed by atoms with E-state index in [4.69, 9.17) is 11.6 Å². The minimum atomic E-state index is -0.179. The largest absolute Gasteiger partial charge is 0.350 e. The second-order valence-electron chi connectivity index (χ2n) is 4.42. The molecule has 0 atom stereocenters. The van der Waals surface area contributed by atoms with Gasteiger partial charge in [-0.25, -0.2) is 4.79 Å². The molecule has 4 nitrogen and oxygen atoms in total. The van der Waals surface area contributed by atoms with Crippen LogP contribution in [0.1, 0.15) is 0 Å². The molecule has 0 bridgehead atoms. The van der Waals surface area contributed by atoms with Crippen LogP contribution in [0.4, 0.5) is 0 Å². The average Bonchev–Trinajstić information content (AvgIpc) is 2.77. The molecule has 0 fully saturated rings. The fraction of sp³-hybridized carbons (Fsp3) is 0.0667. The average molecular weight is 286 g/mol. The van der Waals surface area contributed by atoms with Crippen molar-refractivity contribution in [3.8, 4) is 17.1 Å². The van der Waals surface area contributed by atoms with Crippen LogP contribution in [0.3, 0.4) is 0 Å². The van der Waals surface area contributed by atoms with Crippen molar-refractivity contribution in [3.05, 3.63) is 70.1 Å². The Morgan fingerprint density at radius 2 is 1.65 bits per heavy atom. The molecule has 0 saturated carbocycles. The molecule has 0 aliphatic heterocycles. The minimum Gasteiger partial charge on any atom is -0.278 e. The third-order valence-corrected chi connectivity index (χ3v) is 3.34. The van der Waals surface area contributed by atoms with Crippen molar-refractivity contribution in [2.75, 3.05) is 0 Å². The van der Waals surface area contributed by atoms with Gasteiger partial charge in [-0.05, 0) is 36.4 Å². The smallest absolute Gasteiger partial charge is 0.278 e. The number of nitrogens with zero attached hydrogens (tertiary/aromatic N) is 3. The van der Waals surface area contributed by atoms with Crippen LogP contribution >= 0.6 is 11.6 Å². The molecule has 0 amide bonds. The maximum Gasteiger partial charge on any atom is 0.350 e. The molecule has 0 aliphatic carbocycles. The summed E-state index contributed by atoms with van der Waals surface area (Å²) >= 11 is 5.88. The first-order valence-corrected chi connectivity index (χ1v) is 6.52. The zero-order valence-corrected chi connectivity index (χ0v) is 11.6. The van der Waals surface area contributed by atoms with Crippen LogP contribution in [0.25, 0.3) is 17.1 Å². The van der Waals surface area contributed by atoms with Crippen LogP contribution in [0, 0.1) is 0 Å². The normalized spacial score (nSPS) is 10.7. The van der Waals surface area contributed by atoms with Gasteiger partial charge in [0.2, 0.25) is 0 Å².